The van der Waals surface area contributed by atoms with Crippen LogP contribution in [0.15, 0.2) is 20.5 Å². The highest BCUT2D eigenvalue weighted by atomic mass is 32.1. The first-order valence-electron chi connectivity index (χ1n) is 11.5. The maximum absolute atomic E-state index is 12.5. The number of carbonyl (C=O) groups excluding carboxylic acids is 2. The number of azo groups is 2. The van der Waals surface area contributed by atoms with Crippen molar-refractivity contribution in [2.75, 3.05) is 25.2 Å². The summed E-state index contributed by atoms with van der Waals surface area (Å²) in [5, 5.41) is 44.0. The van der Waals surface area contributed by atoms with Crippen LogP contribution >= 0.6 is 23.1 Å². The number of rotatable bonds is 9. The first-order valence-corrected chi connectivity index (χ1v) is 13.0. The number of Topliss-reactive ketones (excluding diaryl/α,β-unsaturated/α-hetero) is 1. The number of aromatic hydroxyl groups is 1. The maximum atomic E-state index is 12.5. The van der Waals surface area contributed by atoms with Crippen LogP contribution in [0, 0.1) is 13.8 Å². The number of aliphatic hydroxyl groups is 1. The van der Waals surface area contributed by atoms with Crippen molar-refractivity contribution in [3.63, 3.8) is 0 Å². The Morgan fingerprint density at radius 2 is 1.30 bits per heavy atom. The summed E-state index contributed by atoms with van der Waals surface area (Å²) in [7, 11) is 1.12. The fourth-order valence-electron chi connectivity index (χ4n) is 3.22. The molecule has 5 aromatic rings. The minimum absolute atomic E-state index is 0.164. The number of aliphatic hydroxyl groups excluding tert-OH is 1. The number of nitrogens with two attached hydrogens (primary N) is 2. The molecule has 0 bridgehead atoms. The van der Waals surface area contributed by atoms with Gasteiger partial charge in [-0.25, -0.2) is 14.8 Å². The molecule has 5 heterocycles. The molecule has 6 N–H and O–H groups in total. The lowest BCUT2D eigenvalue weighted by molar-refractivity contribution is 0.0594. The highest BCUT2D eigenvalue weighted by molar-refractivity contribution is 7.09. The molecule has 0 aliphatic heterocycles. The smallest absolute Gasteiger partial charge is 0.361 e. The van der Waals surface area contributed by atoms with E-state index in [9.17, 15) is 19.8 Å². The highest BCUT2D eigenvalue weighted by Gasteiger charge is 2.27. The van der Waals surface area contributed by atoms with Gasteiger partial charge in [-0.1, -0.05) is 0 Å². The van der Waals surface area contributed by atoms with Gasteiger partial charge in [-0.05, 0) is 13.8 Å². The molecular formula is C19H17N17O5S2. The molecule has 0 saturated carbocycles. The number of ether oxygens (including phenoxy) is 1. The van der Waals surface area contributed by atoms with Crippen LogP contribution in [0.3, 0.4) is 0 Å². The number of hydrogen-bond donors (Lipinski definition) is 4. The van der Waals surface area contributed by atoms with E-state index in [1.807, 2.05) is 0 Å². The zero-order valence-electron chi connectivity index (χ0n) is 22.0. The Hall–Kier alpha value is -5.75. The molecule has 22 nitrogen and oxygen atoms in total. The van der Waals surface area contributed by atoms with Gasteiger partial charge in [0.25, 0.3) is 11.9 Å². The number of methoxy groups -OCH3 is 1. The van der Waals surface area contributed by atoms with Crippen LogP contribution in [-0.4, -0.2) is 88.9 Å². The molecule has 0 aliphatic carbocycles. The molecule has 0 aliphatic rings. The van der Waals surface area contributed by atoms with Crippen LogP contribution in [0.5, 0.6) is 6.01 Å². The molecule has 0 radical (unpaired) electrons. The number of ketones is 1. The minimum Gasteiger partial charge on any atom is -0.479 e. The number of hydrogen-bond acceptors (Lipinski definition) is 22. The van der Waals surface area contributed by atoms with E-state index in [-0.39, 0.29) is 44.7 Å². The molecule has 0 spiro atoms. The standard InChI is InChI=1S/C19H17N17O5S2/c1-5-22-18(42-33-5)29-27-9-8(7(38)4-37)31-35(12(9)20)15-24-16(26-17(40)25-15)36-13(21)10(11(32-36)14(39)41-3)28-30-19-23-6(2)34-43-19/h37H,4,20-21H2,1-3H3,(H,24,25,26,40). The summed E-state index contributed by atoms with van der Waals surface area (Å²) >= 11 is 1.90. The lowest BCUT2D eigenvalue weighted by Gasteiger charge is -2.06. The third-order valence-corrected chi connectivity index (χ3v) is 6.44. The number of aromatic nitrogens is 11. The van der Waals surface area contributed by atoms with E-state index in [0.29, 0.717) is 11.6 Å². The number of esters is 1. The van der Waals surface area contributed by atoms with Crippen LogP contribution in [0.4, 0.5) is 33.3 Å². The van der Waals surface area contributed by atoms with Crippen molar-refractivity contribution < 1.29 is 24.5 Å². The summed E-state index contributed by atoms with van der Waals surface area (Å²) in [4.78, 5) is 44.7. The molecule has 220 valence electrons. The van der Waals surface area contributed by atoms with E-state index in [1.165, 1.54) is 0 Å². The van der Waals surface area contributed by atoms with E-state index in [0.717, 1.165) is 39.5 Å². The third kappa shape index (κ3) is 5.72. The van der Waals surface area contributed by atoms with Gasteiger partial charge in [-0.3, -0.25) is 4.79 Å². The van der Waals surface area contributed by atoms with E-state index in [1.54, 1.807) is 13.8 Å². The number of nitrogens with zero attached hydrogens (tertiary/aromatic N) is 15. The molecule has 0 unspecified atom stereocenters. The van der Waals surface area contributed by atoms with Crippen LogP contribution in [0.2, 0.25) is 0 Å². The summed E-state index contributed by atoms with van der Waals surface area (Å²) in [5.74, 6) is -2.29. The Kier molecular flexibility index (Phi) is 7.78. The fourth-order valence-corrected chi connectivity index (χ4v) is 4.23. The molecular weight excluding hydrogens is 610 g/mol. The Balaban J connectivity index is 1.61. The number of anilines is 2. The quantitative estimate of drug-likeness (QED) is 0.101. The fraction of sp³-hybridized carbons (Fsp3) is 0.211. The molecule has 0 saturated heterocycles. The van der Waals surface area contributed by atoms with Gasteiger partial charge in [-0.2, -0.15) is 43.3 Å². The summed E-state index contributed by atoms with van der Waals surface area (Å²) in [6.45, 7) is 2.38. The van der Waals surface area contributed by atoms with E-state index in [2.05, 4.69) is 64.3 Å². The Morgan fingerprint density at radius 3 is 1.74 bits per heavy atom. The van der Waals surface area contributed by atoms with Gasteiger partial charge < -0.3 is 26.4 Å². The van der Waals surface area contributed by atoms with Gasteiger partial charge in [0.15, 0.2) is 28.7 Å². The van der Waals surface area contributed by atoms with Gasteiger partial charge >= 0.3 is 12.0 Å². The number of aryl methyl sites for hydroxylation is 2. The largest absolute Gasteiger partial charge is 0.479 e. The second kappa shape index (κ2) is 11.6. The van der Waals surface area contributed by atoms with Crippen LogP contribution < -0.4 is 11.5 Å². The van der Waals surface area contributed by atoms with Crippen molar-refractivity contribution in [3.05, 3.63) is 23.0 Å². The first kappa shape index (κ1) is 28.8. The average Bonchev–Trinajstić information content (AvgIpc) is 3.76. The minimum atomic E-state index is -0.932. The summed E-state index contributed by atoms with van der Waals surface area (Å²) in [5.41, 5.74) is 11.2. The summed E-state index contributed by atoms with van der Waals surface area (Å²) in [6, 6.07) is -0.848. The second-order valence-corrected chi connectivity index (χ2v) is 9.41. The SMILES string of the molecule is COC(=O)c1nn(-c2nc(O)nc(-n3nc(C(=O)CO)c(N=Nc4nc(C)ns4)c3N)n2)c(N)c1N=Nc1nc(C)ns1. The van der Waals surface area contributed by atoms with Crippen LogP contribution in [0.25, 0.3) is 11.9 Å². The Morgan fingerprint density at radius 1 is 0.814 bits per heavy atom. The Bertz CT molecular complexity index is 1790. The van der Waals surface area contributed by atoms with E-state index >= 15 is 0 Å². The molecule has 5 aromatic heterocycles. The van der Waals surface area contributed by atoms with Gasteiger partial charge in [0.05, 0.1) is 7.11 Å². The van der Waals surface area contributed by atoms with Gasteiger partial charge in [-0.15, -0.1) is 20.5 Å². The van der Waals surface area contributed by atoms with Crippen LogP contribution in [-0.2, 0) is 4.74 Å². The van der Waals surface area contributed by atoms with Crippen molar-refractivity contribution in [1.29, 1.82) is 0 Å². The second-order valence-electron chi connectivity index (χ2n) is 7.95. The zero-order chi connectivity index (χ0) is 30.8. The normalized spacial score (nSPS) is 11.6. The van der Waals surface area contributed by atoms with Crippen molar-refractivity contribution in [1.82, 2.24) is 53.2 Å². The first-order chi connectivity index (χ1) is 20.6. The van der Waals surface area contributed by atoms with Crippen molar-refractivity contribution >= 4 is 68.1 Å². The maximum Gasteiger partial charge on any atom is 0.361 e. The molecule has 0 amide bonds. The van der Waals surface area contributed by atoms with E-state index < -0.39 is 36.3 Å². The number of nitrogen functional groups attached to an aromatic ring is 2. The molecule has 0 aromatic carbocycles. The molecule has 0 fully saturated rings. The predicted molar refractivity (Wildman–Crippen MR) is 145 cm³/mol. The highest BCUT2D eigenvalue weighted by Crippen LogP contribution is 2.33. The monoisotopic (exact) mass is 627 g/mol. The molecule has 43 heavy (non-hydrogen) atoms. The van der Waals surface area contributed by atoms with Gasteiger partial charge in [0.2, 0.25) is 21.7 Å². The van der Waals surface area contributed by atoms with Crippen molar-refractivity contribution in [2.24, 2.45) is 20.5 Å². The molecule has 5 rings (SSSR count). The summed E-state index contributed by atoms with van der Waals surface area (Å²) in [6.07, 6.45) is 0. The lowest BCUT2D eigenvalue weighted by Crippen LogP contribution is -2.14. The molecule has 0 atom stereocenters. The van der Waals surface area contributed by atoms with Gasteiger partial charge in [0, 0.05) is 23.1 Å². The Labute approximate surface area is 246 Å². The average molecular weight is 628 g/mol. The zero-order valence-corrected chi connectivity index (χ0v) is 23.6. The molecule has 24 heteroatoms. The van der Waals surface area contributed by atoms with Gasteiger partial charge in [0.1, 0.15) is 18.3 Å². The number of carbonyl (C=O) groups is 2. The lowest BCUT2D eigenvalue weighted by atomic mass is 10.2. The topological polar surface area (TPSA) is 311 Å². The summed E-state index contributed by atoms with van der Waals surface area (Å²) < 4.78 is 14.4. The van der Waals surface area contributed by atoms with E-state index in [4.69, 9.17) is 16.2 Å². The van der Waals surface area contributed by atoms with Crippen molar-refractivity contribution in [3.8, 4) is 17.9 Å². The van der Waals surface area contributed by atoms with Crippen molar-refractivity contribution in [2.45, 2.75) is 13.8 Å². The van der Waals surface area contributed by atoms with Crippen LogP contribution in [0.1, 0.15) is 32.6 Å². The third-order valence-electron chi connectivity index (χ3n) is 5.06. The predicted octanol–water partition coefficient (Wildman–Crippen LogP) is 1.23.